The molecule has 7 rings (SSSR count). The van der Waals surface area contributed by atoms with Gasteiger partial charge in [0.15, 0.2) is 11.6 Å². The lowest BCUT2D eigenvalue weighted by Gasteiger charge is -2.32. The zero-order chi connectivity index (χ0) is 49.6. The minimum atomic E-state index is -1.04. The Bertz CT molecular complexity index is 2530. The van der Waals surface area contributed by atoms with E-state index in [4.69, 9.17) is 44.6 Å². The fraction of sp³-hybridized carbons (Fsp3) is 0.426. The predicted octanol–water partition coefficient (Wildman–Crippen LogP) is 3.67. The van der Waals surface area contributed by atoms with E-state index in [0.29, 0.717) is 96.1 Å². The third-order valence-corrected chi connectivity index (χ3v) is 11.4. The fourth-order valence-corrected chi connectivity index (χ4v) is 8.04. The Hall–Kier alpha value is -7.05. The summed E-state index contributed by atoms with van der Waals surface area (Å²) in [5.41, 5.74) is 13.7. The van der Waals surface area contributed by atoms with Crippen LogP contribution in [0.3, 0.4) is 0 Å². The zero-order valence-corrected chi connectivity index (χ0v) is 38.2. The molecular weight excluding hydrogens is 923 g/mol. The molecule has 2 saturated heterocycles. The second kappa shape index (κ2) is 24.5. The molecule has 4 heterocycles. The minimum absolute atomic E-state index is 0.0145. The zero-order valence-electron chi connectivity index (χ0n) is 38.2. The van der Waals surface area contributed by atoms with E-state index < -0.39 is 53.3 Å². The first-order valence-corrected chi connectivity index (χ1v) is 22.7. The summed E-state index contributed by atoms with van der Waals surface area (Å²) >= 11 is 0. The minimum Gasteiger partial charge on any atom is -0.454 e. The Kier molecular flexibility index (Phi) is 17.8. The number of primary amides is 1. The number of likely N-dealkylation sites (tertiary alicyclic amines) is 1. The maximum atomic E-state index is 14.1. The summed E-state index contributed by atoms with van der Waals surface area (Å²) in [6.07, 6.45) is 0.839. The quantitative estimate of drug-likeness (QED) is 0.0545. The molecule has 21 nitrogen and oxygen atoms in total. The molecule has 374 valence electrons. The van der Waals surface area contributed by atoms with Crippen LogP contribution in [0.5, 0.6) is 11.5 Å². The van der Waals surface area contributed by atoms with Gasteiger partial charge in [0.1, 0.15) is 41.3 Å². The number of anilines is 2. The average Bonchev–Trinajstić information content (AvgIpc) is 3.83. The smallest absolute Gasteiger partial charge is 0.409 e. The van der Waals surface area contributed by atoms with Crippen LogP contribution in [0.2, 0.25) is 0 Å². The first-order valence-electron chi connectivity index (χ1n) is 22.7. The monoisotopic (exact) mass is 976 g/mol. The van der Waals surface area contributed by atoms with Crippen molar-refractivity contribution in [3.05, 3.63) is 89.0 Å². The number of nitrogens with one attached hydrogen (secondary N) is 2. The second-order valence-electron chi connectivity index (χ2n) is 16.1. The maximum Gasteiger partial charge on any atom is 0.409 e. The largest absolute Gasteiger partial charge is 0.454 e. The van der Waals surface area contributed by atoms with Gasteiger partial charge in [-0.05, 0) is 67.8 Å². The van der Waals surface area contributed by atoms with Crippen LogP contribution in [0.25, 0.3) is 11.3 Å². The SMILES string of the molecule is NC(=O)c1c(-c2ccc(Oc3ccc(F)cc3F)cc2)nn(C2CCCN(C(=O)OCCOCCOCCOCCOCCOCCNc3cccc4c3C(=O)N(C3CCC(=O)NC3=O)C4=O)C2)c1N. The number of aromatic nitrogens is 2. The number of halogens is 2. The molecule has 2 unspecified atom stereocenters. The number of hydrogen-bond acceptors (Lipinski definition) is 16. The number of carbonyl (C=O) groups excluding carboxylic acids is 6. The molecule has 0 spiro atoms. The molecule has 1 aromatic heterocycles. The topological polar surface area (TPSA) is 267 Å². The number of carbonyl (C=O) groups is 6. The molecule has 70 heavy (non-hydrogen) atoms. The highest BCUT2D eigenvalue weighted by molar-refractivity contribution is 6.25. The Morgan fingerprint density at radius 1 is 0.800 bits per heavy atom. The summed E-state index contributed by atoms with van der Waals surface area (Å²) in [7, 11) is 0. The summed E-state index contributed by atoms with van der Waals surface area (Å²) in [5, 5.41) is 9.94. The van der Waals surface area contributed by atoms with Crippen molar-refractivity contribution < 1.29 is 70.7 Å². The van der Waals surface area contributed by atoms with Crippen LogP contribution in [0.4, 0.5) is 25.1 Å². The summed E-state index contributed by atoms with van der Waals surface area (Å²) in [4.78, 5) is 78.1. The van der Waals surface area contributed by atoms with Crippen LogP contribution in [-0.2, 0) is 38.0 Å². The van der Waals surface area contributed by atoms with Crippen molar-refractivity contribution in [2.24, 2.45) is 5.73 Å². The summed E-state index contributed by atoms with van der Waals surface area (Å²) in [5.74, 6) is -4.49. The number of piperidine rings is 2. The molecule has 23 heteroatoms. The number of nitrogen functional groups attached to an aromatic ring is 1. The molecule has 6 N–H and O–H groups in total. The maximum absolute atomic E-state index is 14.1. The molecule has 0 saturated carbocycles. The van der Waals surface area contributed by atoms with Gasteiger partial charge in [-0.2, -0.15) is 5.10 Å². The van der Waals surface area contributed by atoms with Crippen LogP contribution in [0.1, 0.15) is 62.8 Å². The van der Waals surface area contributed by atoms with Gasteiger partial charge in [0.05, 0.1) is 83.2 Å². The van der Waals surface area contributed by atoms with Gasteiger partial charge in [-0.25, -0.2) is 18.3 Å². The highest BCUT2D eigenvalue weighted by Gasteiger charge is 2.45. The van der Waals surface area contributed by atoms with Crippen LogP contribution >= 0.6 is 0 Å². The molecule has 0 aliphatic carbocycles. The van der Waals surface area contributed by atoms with Crippen LogP contribution in [-0.4, -0.2) is 154 Å². The van der Waals surface area contributed by atoms with Crippen molar-refractivity contribution in [1.82, 2.24) is 24.9 Å². The molecule has 2 atom stereocenters. The highest BCUT2D eigenvalue weighted by Crippen LogP contribution is 2.35. The molecule has 2 fully saturated rings. The van der Waals surface area contributed by atoms with Gasteiger partial charge in [-0.3, -0.25) is 34.2 Å². The standard InChI is InChI=1S/C47H54F2N8O13/c48-30-8-12-37(34(49)27-30)70-32-9-6-29(7-10-32)41-40(43(51)59)42(50)57(54-41)31-3-2-15-55(28-31)47(63)69-26-25-68-24-23-67-22-21-66-20-19-65-18-17-64-16-14-52-35-5-1-4-33-39(35)46(62)56(45(33)61)36-11-13-38(58)53-44(36)60/h1,4-10,12,27,31,36,52H,2-3,11,13-26,28,50H2,(H2,51,59)(H,53,58,60). The number of ether oxygens (including phenoxy) is 7. The van der Waals surface area contributed by atoms with Crippen molar-refractivity contribution >= 4 is 47.1 Å². The first-order chi connectivity index (χ1) is 33.9. The Labute approximate surface area is 400 Å². The molecule has 6 amide bonds. The van der Waals surface area contributed by atoms with E-state index in [2.05, 4.69) is 15.7 Å². The highest BCUT2D eigenvalue weighted by atomic mass is 19.1. The van der Waals surface area contributed by atoms with E-state index in [1.807, 2.05) is 0 Å². The van der Waals surface area contributed by atoms with E-state index >= 15 is 0 Å². The van der Waals surface area contributed by atoms with Gasteiger partial charge in [0.25, 0.3) is 17.7 Å². The van der Waals surface area contributed by atoms with Crippen LogP contribution in [0.15, 0.2) is 60.7 Å². The molecule has 0 bridgehead atoms. The van der Waals surface area contributed by atoms with E-state index in [0.717, 1.165) is 11.0 Å². The summed E-state index contributed by atoms with van der Waals surface area (Å²) in [6.45, 7) is 4.15. The van der Waals surface area contributed by atoms with Gasteiger partial charge in [0.2, 0.25) is 11.8 Å². The lowest BCUT2D eigenvalue weighted by molar-refractivity contribution is -0.136. The Balaban J connectivity index is 0.698. The van der Waals surface area contributed by atoms with E-state index in [9.17, 15) is 37.5 Å². The van der Waals surface area contributed by atoms with Crippen molar-refractivity contribution in [2.75, 3.05) is 103 Å². The summed E-state index contributed by atoms with van der Waals surface area (Å²) < 4.78 is 67.6. The van der Waals surface area contributed by atoms with E-state index in [1.165, 1.54) is 28.9 Å². The van der Waals surface area contributed by atoms with Crippen LogP contribution in [0, 0.1) is 11.6 Å². The predicted molar refractivity (Wildman–Crippen MR) is 244 cm³/mol. The Morgan fingerprint density at radius 3 is 2.10 bits per heavy atom. The van der Waals surface area contributed by atoms with Gasteiger partial charge in [0, 0.05) is 43.4 Å². The van der Waals surface area contributed by atoms with Crippen LogP contribution < -0.4 is 26.8 Å². The van der Waals surface area contributed by atoms with Crippen molar-refractivity contribution in [1.29, 1.82) is 0 Å². The molecule has 4 aromatic rings. The van der Waals surface area contributed by atoms with E-state index in [-0.39, 0.29) is 85.0 Å². The van der Waals surface area contributed by atoms with Crippen molar-refractivity contribution in [2.45, 2.75) is 37.8 Å². The molecule has 3 aliphatic rings. The lowest BCUT2D eigenvalue weighted by atomic mass is 10.0. The number of rotatable bonds is 25. The number of nitrogens with zero attached hydrogens (tertiary/aromatic N) is 4. The molecular formula is C47H54F2N8O13. The third kappa shape index (κ3) is 12.8. The number of imide groups is 2. The normalized spacial score (nSPS) is 16.9. The van der Waals surface area contributed by atoms with Gasteiger partial charge in [-0.1, -0.05) is 6.07 Å². The third-order valence-electron chi connectivity index (χ3n) is 11.4. The Morgan fingerprint density at radius 2 is 1.46 bits per heavy atom. The summed E-state index contributed by atoms with van der Waals surface area (Å²) in [6, 6.07) is 12.7. The number of hydrogen-bond donors (Lipinski definition) is 4. The molecule has 0 radical (unpaired) electrons. The number of benzene rings is 3. The van der Waals surface area contributed by atoms with Gasteiger partial charge < -0.3 is 54.8 Å². The number of nitrogens with two attached hydrogens (primary N) is 2. The first kappa shape index (κ1) is 50.8. The van der Waals surface area contributed by atoms with Crippen molar-refractivity contribution in [3.8, 4) is 22.8 Å². The fourth-order valence-electron chi connectivity index (χ4n) is 8.04. The molecule has 3 aliphatic heterocycles. The van der Waals surface area contributed by atoms with Gasteiger partial charge >= 0.3 is 6.09 Å². The average molecular weight is 977 g/mol. The number of amides is 6. The van der Waals surface area contributed by atoms with Crippen molar-refractivity contribution in [3.63, 3.8) is 0 Å². The molecule has 3 aromatic carbocycles. The van der Waals surface area contributed by atoms with Gasteiger partial charge in [-0.15, -0.1) is 0 Å². The second-order valence-corrected chi connectivity index (χ2v) is 16.1. The van der Waals surface area contributed by atoms with E-state index in [1.54, 1.807) is 29.2 Å². The lowest BCUT2D eigenvalue weighted by Crippen LogP contribution is -2.54. The number of fused-ring (bicyclic) bond motifs is 1.